The number of phenols is 1. The number of anilines is 2. The molecule has 0 bridgehead atoms. The van der Waals surface area contributed by atoms with Gasteiger partial charge in [0.2, 0.25) is 11.7 Å². The zero-order valence-corrected chi connectivity index (χ0v) is 21.7. The normalized spacial score (nSPS) is 13.6. The summed E-state index contributed by atoms with van der Waals surface area (Å²) in [5, 5.41) is 12.6. The number of nitrogens with one attached hydrogen (secondary N) is 1. The summed E-state index contributed by atoms with van der Waals surface area (Å²) >= 11 is 6.27. The average molecular weight is 574 g/mol. The molecule has 0 spiro atoms. The molecule has 0 saturated carbocycles. The summed E-state index contributed by atoms with van der Waals surface area (Å²) in [7, 11) is 1.41. The first-order valence-electron chi connectivity index (χ1n) is 11.9. The maximum Gasteiger partial charge on any atom is 0.263 e. The lowest BCUT2D eigenvalue weighted by molar-refractivity contribution is -0.116. The number of carbonyl (C=O) groups is 2. The monoisotopic (exact) mass is 573 g/mol. The quantitative estimate of drug-likeness (QED) is 0.316. The van der Waals surface area contributed by atoms with Crippen LogP contribution in [-0.2, 0) is 23.1 Å². The van der Waals surface area contributed by atoms with Gasteiger partial charge in [-0.1, -0.05) is 11.6 Å². The van der Waals surface area contributed by atoms with Crippen LogP contribution in [0, 0.1) is 11.6 Å². The van der Waals surface area contributed by atoms with Crippen LogP contribution in [0.2, 0.25) is 5.02 Å². The first-order chi connectivity index (χ1) is 19.1. The number of aromatic nitrogens is 4. The van der Waals surface area contributed by atoms with E-state index in [0.29, 0.717) is 37.8 Å². The first-order valence-corrected chi connectivity index (χ1v) is 12.3. The first kappa shape index (κ1) is 27.0. The van der Waals surface area contributed by atoms with Gasteiger partial charge in [0.25, 0.3) is 11.5 Å². The van der Waals surface area contributed by atoms with Crippen LogP contribution in [0.25, 0.3) is 22.2 Å². The summed E-state index contributed by atoms with van der Waals surface area (Å²) in [6.07, 6.45) is 3.85. The van der Waals surface area contributed by atoms with Gasteiger partial charge in [-0.05, 0) is 6.07 Å². The van der Waals surface area contributed by atoms with Crippen molar-refractivity contribution in [2.75, 3.05) is 36.5 Å². The molecule has 4 N–H and O–H groups in total. The second kappa shape index (κ2) is 10.5. The molecule has 208 valence electrons. The third-order valence-electron chi connectivity index (χ3n) is 6.44. The highest BCUT2D eigenvalue weighted by molar-refractivity contribution is 6.33. The Hall–Kier alpha value is -4.56. The Morgan fingerprint density at radius 3 is 2.60 bits per heavy atom. The van der Waals surface area contributed by atoms with Crippen LogP contribution in [0.1, 0.15) is 10.4 Å². The molecule has 2 amide bonds. The number of nitrogens with two attached hydrogens (primary N) is 1. The minimum atomic E-state index is -1.71. The van der Waals surface area contributed by atoms with Crippen molar-refractivity contribution in [2.45, 2.75) is 6.54 Å². The number of morpholine rings is 1. The molecule has 0 unspecified atom stereocenters. The Kier molecular flexibility index (Phi) is 7.12. The Labute approximate surface area is 229 Å². The van der Waals surface area contributed by atoms with Gasteiger partial charge in [-0.15, -0.1) is 0 Å². The molecule has 1 aliphatic heterocycles. The molecule has 0 atom stereocenters. The predicted octanol–water partition coefficient (Wildman–Crippen LogP) is 2.01. The summed E-state index contributed by atoms with van der Waals surface area (Å²) in [4.78, 5) is 48.4. The standard InChI is InChI=1S/C25H22ClF2N7O5/c1-33-11-31-24-19(25(33)39)14(12-6-13(23(29)38)22(37)21(28)20(12)27)9-35(24)10-18(36)32-16-7-17(30-8-15(16)26)34-2-4-40-5-3-34/h6-9,11,37H,2-5,10H2,1H3,(H2,29,38)(H,30,32,36). The molecular weight excluding hydrogens is 552 g/mol. The van der Waals surface area contributed by atoms with Crippen molar-refractivity contribution in [1.29, 1.82) is 0 Å². The predicted molar refractivity (Wildman–Crippen MR) is 141 cm³/mol. The van der Waals surface area contributed by atoms with E-state index < -0.39 is 52.4 Å². The van der Waals surface area contributed by atoms with E-state index in [1.807, 2.05) is 4.90 Å². The highest BCUT2D eigenvalue weighted by Gasteiger charge is 2.26. The molecule has 4 heterocycles. The molecule has 1 aliphatic rings. The summed E-state index contributed by atoms with van der Waals surface area (Å²) in [5.41, 5.74) is 3.51. The Balaban J connectivity index is 1.54. The number of rotatable bonds is 6. The maximum absolute atomic E-state index is 15.0. The number of benzene rings is 1. The van der Waals surface area contributed by atoms with Crippen LogP contribution >= 0.6 is 11.6 Å². The maximum atomic E-state index is 15.0. The number of nitrogens with zero attached hydrogens (tertiary/aromatic N) is 5. The van der Waals surface area contributed by atoms with E-state index in [-0.39, 0.29) is 21.6 Å². The average Bonchev–Trinajstić information content (AvgIpc) is 3.29. The highest BCUT2D eigenvalue weighted by Crippen LogP contribution is 2.36. The number of amides is 2. The van der Waals surface area contributed by atoms with Crippen molar-refractivity contribution in [3.8, 4) is 16.9 Å². The fourth-order valence-corrected chi connectivity index (χ4v) is 4.57. The highest BCUT2D eigenvalue weighted by atomic mass is 35.5. The minimum Gasteiger partial charge on any atom is -0.504 e. The summed E-state index contributed by atoms with van der Waals surface area (Å²) in [5.74, 6) is -5.67. The largest absolute Gasteiger partial charge is 0.504 e. The fourth-order valence-electron chi connectivity index (χ4n) is 4.42. The van der Waals surface area contributed by atoms with Crippen LogP contribution in [-0.4, -0.2) is 62.3 Å². The number of primary amides is 1. The molecule has 1 fully saturated rings. The number of halogens is 3. The van der Waals surface area contributed by atoms with Crippen molar-refractivity contribution in [2.24, 2.45) is 12.8 Å². The molecule has 1 saturated heterocycles. The molecule has 15 heteroatoms. The summed E-state index contributed by atoms with van der Waals surface area (Å²) < 4.78 is 37.3. The molecule has 0 radical (unpaired) electrons. The Bertz CT molecular complexity index is 1730. The number of hydrogen-bond donors (Lipinski definition) is 3. The van der Waals surface area contributed by atoms with Crippen LogP contribution < -0.4 is 21.5 Å². The molecule has 0 aliphatic carbocycles. The van der Waals surface area contributed by atoms with Crippen LogP contribution in [0.5, 0.6) is 5.75 Å². The van der Waals surface area contributed by atoms with Crippen LogP contribution in [0.4, 0.5) is 20.3 Å². The number of pyridine rings is 1. The van der Waals surface area contributed by atoms with Gasteiger partial charge in [-0.3, -0.25) is 14.4 Å². The topological polar surface area (TPSA) is 158 Å². The van der Waals surface area contributed by atoms with Gasteiger partial charge in [-0.2, -0.15) is 4.39 Å². The second-order valence-electron chi connectivity index (χ2n) is 9.01. The molecule has 3 aromatic heterocycles. The molecule has 40 heavy (non-hydrogen) atoms. The van der Waals surface area contributed by atoms with E-state index in [1.54, 1.807) is 6.07 Å². The lowest BCUT2D eigenvalue weighted by Gasteiger charge is -2.28. The number of carbonyl (C=O) groups excluding carboxylic acids is 2. The minimum absolute atomic E-state index is 0.00316. The van der Waals surface area contributed by atoms with Crippen molar-refractivity contribution in [1.82, 2.24) is 19.1 Å². The lowest BCUT2D eigenvalue weighted by Crippen LogP contribution is -2.36. The Morgan fingerprint density at radius 2 is 1.90 bits per heavy atom. The zero-order chi connectivity index (χ0) is 28.7. The van der Waals surface area contributed by atoms with Gasteiger partial charge in [0.05, 0.1) is 47.4 Å². The molecule has 1 aromatic carbocycles. The smallest absolute Gasteiger partial charge is 0.263 e. The van der Waals surface area contributed by atoms with Gasteiger partial charge >= 0.3 is 0 Å². The van der Waals surface area contributed by atoms with Gasteiger partial charge in [-0.25, -0.2) is 14.4 Å². The van der Waals surface area contributed by atoms with Crippen molar-refractivity contribution in [3.63, 3.8) is 0 Å². The van der Waals surface area contributed by atoms with Crippen LogP contribution in [0.15, 0.2) is 35.6 Å². The van der Waals surface area contributed by atoms with Gasteiger partial charge < -0.3 is 34.9 Å². The zero-order valence-electron chi connectivity index (χ0n) is 20.9. The number of hydrogen-bond acceptors (Lipinski definition) is 8. The number of aryl methyl sites for hydroxylation is 1. The third-order valence-corrected chi connectivity index (χ3v) is 6.74. The van der Waals surface area contributed by atoms with E-state index >= 15 is 4.39 Å². The molecular formula is C25H22ClF2N7O5. The van der Waals surface area contributed by atoms with Gasteiger partial charge in [0, 0.05) is 43.5 Å². The van der Waals surface area contributed by atoms with Crippen molar-refractivity contribution < 1.29 is 28.2 Å². The summed E-state index contributed by atoms with van der Waals surface area (Å²) in [6.45, 7) is 1.91. The third kappa shape index (κ3) is 4.82. The fraction of sp³-hybridized carbons (Fsp3) is 0.240. The van der Waals surface area contributed by atoms with Crippen LogP contribution in [0.3, 0.4) is 0 Å². The molecule has 12 nitrogen and oxygen atoms in total. The van der Waals surface area contributed by atoms with E-state index in [0.717, 1.165) is 10.6 Å². The van der Waals surface area contributed by atoms with Gasteiger partial charge in [0.15, 0.2) is 11.6 Å². The van der Waals surface area contributed by atoms with E-state index in [2.05, 4.69) is 15.3 Å². The Morgan fingerprint density at radius 1 is 1.18 bits per heavy atom. The van der Waals surface area contributed by atoms with Crippen molar-refractivity contribution >= 4 is 46.0 Å². The van der Waals surface area contributed by atoms with E-state index in [4.69, 9.17) is 22.1 Å². The second-order valence-corrected chi connectivity index (χ2v) is 9.42. The SMILES string of the molecule is Cn1cnc2c(c(-c3cc(C(N)=O)c(O)c(F)c3F)cn2CC(=O)Nc2cc(N3CCOCC3)ncc2Cl)c1=O. The van der Waals surface area contributed by atoms with Gasteiger partial charge in [0.1, 0.15) is 18.0 Å². The van der Waals surface area contributed by atoms with E-state index in [1.165, 1.54) is 30.3 Å². The summed E-state index contributed by atoms with van der Waals surface area (Å²) in [6, 6.07) is 2.46. The number of fused-ring (bicyclic) bond motifs is 1. The number of ether oxygens (including phenoxy) is 1. The number of aromatic hydroxyl groups is 1. The lowest BCUT2D eigenvalue weighted by atomic mass is 10.0. The van der Waals surface area contributed by atoms with E-state index in [9.17, 15) is 23.9 Å². The molecule has 5 rings (SSSR count). The van der Waals surface area contributed by atoms with Crippen molar-refractivity contribution in [3.05, 3.63) is 63.4 Å². The molecule has 4 aromatic rings.